The van der Waals surface area contributed by atoms with Crippen LogP contribution in [0.3, 0.4) is 0 Å². The molecule has 0 aliphatic heterocycles. The van der Waals surface area contributed by atoms with Crippen LogP contribution < -0.4 is 5.32 Å². The molecule has 1 N–H and O–H groups in total. The van der Waals surface area contributed by atoms with Crippen LogP contribution in [0, 0.1) is 6.92 Å². The lowest BCUT2D eigenvalue weighted by Crippen LogP contribution is -2.15. The first kappa shape index (κ1) is 21.0. The predicted octanol–water partition coefficient (Wildman–Crippen LogP) is 4.10. The summed E-state index contributed by atoms with van der Waals surface area (Å²) in [4.78, 5) is 18.0. The average Bonchev–Trinajstić information content (AvgIpc) is 3.05. The lowest BCUT2D eigenvalue weighted by molar-refractivity contribution is 0.102. The molecule has 0 bridgehead atoms. The number of aryl methyl sites for hydroxylation is 1. The fourth-order valence-corrected chi connectivity index (χ4v) is 3.70. The molecule has 0 fully saturated rings. The molecule has 0 spiro atoms. The van der Waals surface area contributed by atoms with E-state index in [0.717, 1.165) is 17.5 Å². The topological polar surface area (TPSA) is 93.9 Å². The van der Waals surface area contributed by atoms with E-state index in [1.807, 2.05) is 34.6 Å². The predicted molar refractivity (Wildman–Crippen MR) is 114 cm³/mol. The number of amides is 1. The minimum absolute atomic E-state index is 0.104. The molecule has 154 valence electrons. The van der Waals surface area contributed by atoms with Gasteiger partial charge in [-0.1, -0.05) is 19.9 Å². The minimum atomic E-state index is -3.38. The Bertz CT molecular complexity index is 1190. The second kappa shape index (κ2) is 7.59. The molecule has 0 aliphatic rings. The Balaban J connectivity index is 2.10. The van der Waals surface area contributed by atoms with Gasteiger partial charge >= 0.3 is 0 Å². The third-order valence-electron chi connectivity index (χ3n) is 4.80. The zero-order chi connectivity index (χ0) is 21.5. The van der Waals surface area contributed by atoms with Gasteiger partial charge in [0.25, 0.3) is 5.91 Å². The number of nitrogens with one attached hydrogen (secondary N) is 1. The maximum Gasteiger partial charge on any atom is 0.256 e. The van der Waals surface area contributed by atoms with E-state index in [9.17, 15) is 13.2 Å². The molecule has 0 aliphatic carbocycles. The van der Waals surface area contributed by atoms with Crippen molar-refractivity contribution in [3.05, 3.63) is 47.3 Å². The van der Waals surface area contributed by atoms with E-state index in [0.29, 0.717) is 22.3 Å². The molecule has 3 aromatic rings. The number of hydrogen-bond acceptors (Lipinski definition) is 5. The largest absolute Gasteiger partial charge is 0.322 e. The summed E-state index contributed by atoms with van der Waals surface area (Å²) in [6.07, 6.45) is 2.80. The number of fused-ring (bicyclic) bond motifs is 1. The van der Waals surface area contributed by atoms with Crippen molar-refractivity contribution in [1.29, 1.82) is 0 Å². The quantitative estimate of drug-likeness (QED) is 0.678. The van der Waals surface area contributed by atoms with Crippen LogP contribution >= 0.6 is 0 Å². The van der Waals surface area contributed by atoms with Crippen LogP contribution in [0.2, 0.25) is 0 Å². The molecule has 0 unspecified atom stereocenters. The van der Waals surface area contributed by atoms with Gasteiger partial charge in [-0.15, -0.1) is 0 Å². The van der Waals surface area contributed by atoms with Gasteiger partial charge in [0.05, 0.1) is 22.0 Å². The van der Waals surface area contributed by atoms with Crippen LogP contribution in [0.4, 0.5) is 5.69 Å². The van der Waals surface area contributed by atoms with E-state index in [4.69, 9.17) is 4.98 Å². The number of rotatable bonds is 5. The van der Waals surface area contributed by atoms with Crippen LogP contribution in [-0.2, 0) is 9.84 Å². The summed E-state index contributed by atoms with van der Waals surface area (Å²) >= 11 is 0. The molecular weight excluding hydrogens is 388 g/mol. The van der Waals surface area contributed by atoms with E-state index in [1.165, 1.54) is 12.1 Å². The van der Waals surface area contributed by atoms with Gasteiger partial charge in [0.15, 0.2) is 15.5 Å². The molecule has 1 aromatic carbocycles. The number of pyridine rings is 1. The van der Waals surface area contributed by atoms with Gasteiger partial charge in [-0.05, 0) is 50.5 Å². The Kier molecular flexibility index (Phi) is 5.49. The summed E-state index contributed by atoms with van der Waals surface area (Å²) in [5, 5.41) is 7.94. The first-order chi connectivity index (χ1) is 13.5. The number of carbonyl (C=O) groups is 1. The van der Waals surface area contributed by atoms with Gasteiger partial charge in [0.2, 0.25) is 0 Å². The molecule has 2 heterocycles. The average molecular weight is 415 g/mol. The summed E-state index contributed by atoms with van der Waals surface area (Å²) in [6.45, 7) is 9.88. The molecular formula is C21H26N4O3S. The maximum atomic E-state index is 13.2. The van der Waals surface area contributed by atoms with Crippen molar-refractivity contribution in [1.82, 2.24) is 14.8 Å². The summed E-state index contributed by atoms with van der Waals surface area (Å²) in [5.41, 5.74) is 3.17. The number of nitrogens with zero attached hydrogens (tertiary/aromatic N) is 3. The van der Waals surface area contributed by atoms with Crippen molar-refractivity contribution < 1.29 is 13.2 Å². The number of hydrogen-bond donors (Lipinski definition) is 1. The lowest BCUT2D eigenvalue weighted by atomic mass is 10.0. The zero-order valence-electron chi connectivity index (χ0n) is 17.5. The molecule has 1 amide bonds. The van der Waals surface area contributed by atoms with Crippen LogP contribution in [0.5, 0.6) is 0 Å². The Morgan fingerprint density at radius 3 is 2.41 bits per heavy atom. The third kappa shape index (κ3) is 4.17. The highest BCUT2D eigenvalue weighted by atomic mass is 32.2. The summed E-state index contributed by atoms with van der Waals surface area (Å²) in [5.74, 6) is -0.187. The molecule has 0 atom stereocenters. The standard InChI is InChI=1S/C21H26N4O3S/c1-12(2)18-10-16(17-11-22-25(13(3)4)20(17)23-18)21(26)24-19-9-15(29(6,27)28)8-7-14(19)5/h7-13H,1-6H3,(H,24,26). The van der Waals surface area contributed by atoms with Gasteiger partial charge in [-0.2, -0.15) is 5.10 Å². The van der Waals surface area contributed by atoms with Crippen molar-refractivity contribution in [3.63, 3.8) is 0 Å². The smallest absolute Gasteiger partial charge is 0.256 e. The third-order valence-corrected chi connectivity index (χ3v) is 5.91. The normalized spacial score (nSPS) is 12.1. The van der Waals surface area contributed by atoms with Gasteiger partial charge in [0, 0.05) is 23.7 Å². The first-order valence-corrected chi connectivity index (χ1v) is 11.4. The SMILES string of the molecule is Cc1ccc(S(C)(=O)=O)cc1NC(=O)c1cc(C(C)C)nc2c1cnn2C(C)C. The highest BCUT2D eigenvalue weighted by Gasteiger charge is 2.20. The second-order valence-electron chi connectivity index (χ2n) is 7.87. The van der Waals surface area contributed by atoms with E-state index < -0.39 is 9.84 Å². The van der Waals surface area contributed by atoms with E-state index in [2.05, 4.69) is 10.4 Å². The molecule has 8 heteroatoms. The number of aromatic nitrogens is 3. The summed E-state index contributed by atoms with van der Waals surface area (Å²) in [6, 6.07) is 6.60. The lowest BCUT2D eigenvalue weighted by Gasteiger charge is -2.13. The number of carbonyl (C=O) groups excluding carboxylic acids is 1. The van der Waals surface area contributed by atoms with Crippen molar-refractivity contribution in [2.75, 3.05) is 11.6 Å². The van der Waals surface area contributed by atoms with E-state index >= 15 is 0 Å². The molecule has 7 nitrogen and oxygen atoms in total. The van der Waals surface area contributed by atoms with Crippen LogP contribution in [0.15, 0.2) is 35.4 Å². The first-order valence-electron chi connectivity index (χ1n) is 9.49. The molecule has 0 radical (unpaired) electrons. The Morgan fingerprint density at radius 1 is 1.14 bits per heavy atom. The number of benzene rings is 1. The summed E-state index contributed by atoms with van der Waals surface area (Å²) < 4.78 is 25.6. The Morgan fingerprint density at radius 2 is 1.83 bits per heavy atom. The van der Waals surface area contributed by atoms with Crippen LogP contribution in [-0.4, -0.2) is 35.3 Å². The highest BCUT2D eigenvalue weighted by molar-refractivity contribution is 7.90. The maximum absolute atomic E-state index is 13.2. The van der Waals surface area contributed by atoms with Gasteiger partial charge in [-0.25, -0.2) is 18.1 Å². The monoisotopic (exact) mass is 414 g/mol. The zero-order valence-corrected chi connectivity index (χ0v) is 18.3. The van der Waals surface area contributed by atoms with Crippen LogP contribution in [0.1, 0.15) is 61.3 Å². The fraction of sp³-hybridized carbons (Fsp3) is 0.381. The molecule has 0 saturated heterocycles. The van der Waals surface area contributed by atoms with Crippen LogP contribution in [0.25, 0.3) is 11.0 Å². The van der Waals surface area contributed by atoms with Crippen molar-refractivity contribution in [2.45, 2.75) is 51.5 Å². The molecule has 2 aromatic heterocycles. The van der Waals surface area contributed by atoms with E-state index in [-0.39, 0.29) is 22.8 Å². The van der Waals surface area contributed by atoms with Crippen molar-refractivity contribution in [3.8, 4) is 0 Å². The molecule has 3 rings (SSSR count). The van der Waals surface area contributed by atoms with E-state index in [1.54, 1.807) is 23.0 Å². The summed E-state index contributed by atoms with van der Waals surface area (Å²) in [7, 11) is -3.38. The number of sulfone groups is 1. The van der Waals surface area contributed by atoms with Crippen molar-refractivity contribution >= 4 is 32.5 Å². The Hall–Kier alpha value is -2.74. The highest BCUT2D eigenvalue weighted by Crippen LogP contribution is 2.26. The number of anilines is 1. The van der Waals surface area contributed by atoms with Gasteiger partial charge < -0.3 is 5.32 Å². The molecule has 29 heavy (non-hydrogen) atoms. The molecule has 0 saturated carbocycles. The van der Waals surface area contributed by atoms with Gasteiger partial charge in [-0.3, -0.25) is 4.79 Å². The minimum Gasteiger partial charge on any atom is -0.322 e. The van der Waals surface area contributed by atoms with Crippen molar-refractivity contribution in [2.24, 2.45) is 0 Å². The fourth-order valence-electron chi connectivity index (χ4n) is 3.06. The Labute approximate surface area is 171 Å². The second-order valence-corrected chi connectivity index (χ2v) is 9.89. The van der Waals surface area contributed by atoms with Gasteiger partial charge in [0.1, 0.15) is 0 Å².